The summed E-state index contributed by atoms with van der Waals surface area (Å²) in [6.45, 7) is 0.774. The SMILES string of the molecule is C#CCN(CC(=O)O)C(=O)C(CC)(COC)NC(=O)OCC1c2ccccc2-c2ccccc21. The molecule has 0 aliphatic heterocycles. The number of carboxylic acids is 1. The van der Waals surface area contributed by atoms with Crippen molar-refractivity contribution in [3.05, 3.63) is 59.7 Å². The van der Waals surface area contributed by atoms with Crippen LogP contribution in [0.25, 0.3) is 11.1 Å². The molecule has 1 aliphatic carbocycles. The Labute approximate surface area is 198 Å². The highest BCUT2D eigenvalue weighted by atomic mass is 16.5. The Bertz CT molecular complexity index is 1060. The first-order valence-electron chi connectivity index (χ1n) is 10.9. The van der Waals surface area contributed by atoms with Crippen LogP contribution in [0.1, 0.15) is 30.4 Å². The average Bonchev–Trinajstić information content (AvgIpc) is 3.15. The van der Waals surface area contributed by atoms with Gasteiger partial charge in [0.25, 0.3) is 5.91 Å². The summed E-state index contributed by atoms with van der Waals surface area (Å²) < 4.78 is 10.8. The minimum atomic E-state index is -1.52. The quantitative estimate of drug-likeness (QED) is 0.524. The molecule has 0 radical (unpaired) electrons. The first kappa shape index (κ1) is 24.8. The standard InChI is InChI=1S/C26H28N2O6/c1-4-14-28(15-23(29)30)24(31)26(5-2,17-33-3)27-25(32)34-16-22-20-12-8-6-10-18(20)19-11-7-9-13-21(19)22/h1,6-13,22H,5,14-17H2,2-3H3,(H,27,32)(H,29,30). The lowest BCUT2D eigenvalue weighted by atomic mass is 9.95. The predicted molar refractivity (Wildman–Crippen MR) is 126 cm³/mol. The Kier molecular flexibility index (Phi) is 7.92. The van der Waals surface area contributed by atoms with Crippen molar-refractivity contribution in [1.82, 2.24) is 10.2 Å². The lowest BCUT2D eigenvalue weighted by Crippen LogP contribution is -2.62. The normalized spacial score (nSPS) is 13.7. The second-order valence-corrected chi connectivity index (χ2v) is 8.08. The van der Waals surface area contributed by atoms with E-state index >= 15 is 0 Å². The molecule has 2 amide bonds. The second-order valence-electron chi connectivity index (χ2n) is 8.08. The Hall–Kier alpha value is -3.83. The summed E-state index contributed by atoms with van der Waals surface area (Å²) >= 11 is 0. The van der Waals surface area contributed by atoms with Crippen LogP contribution in [0.2, 0.25) is 0 Å². The summed E-state index contributed by atoms with van der Waals surface area (Å²) in [6, 6.07) is 15.9. The number of carbonyl (C=O) groups is 3. The van der Waals surface area contributed by atoms with Crippen molar-refractivity contribution in [2.75, 3.05) is 33.4 Å². The summed E-state index contributed by atoms with van der Waals surface area (Å²) in [6.07, 6.45) is 4.66. The largest absolute Gasteiger partial charge is 0.480 e. The van der Waals surface area contributed by atoms with Crippen molar-refractivity contribution in [3.8, 4) is 23.5 Å². The first-order valence-corrected chi connectivity index (χ1v) is 10.9. The number of carbonyl (C=O) groups excluding carboxylic acids is 2. The predicted octanol–water partition coefficient (Wildman–Crippen LogP) is 2.87. The molecule has 178 valence electrons. The molecule has 0 heterocycles. The number of benzene rings is 2. The van der Waals surface area contributed by atoms with E-state index in [0.29, 0.717) is 0 Å². The molecule has 34 heavy (non-hydrogen) atoms. The van der Waals surface area contributed by atoms with Gasteiger partial charge >= 0.3 is 12.1 Å². The van der Waals surface area contributed by atoms with E-state index in [9.17, 15) is 14.4 Å². The number of hydrogen-bond acceptors (Lipinski definition) is 5. The molecule has 2 N–H and O–H groups in total. The fourth-order valence-electron chi connectivity index (χ4n) is 4.34. The number of carboxylic acid groups (broad SMARTS) is 1. The molecule has 0 bridgehead atoms. The first-order chi connectivity index (χ1) is 16.4. The number of hydrogen-bond donors (Lipinski definition) is 2. The summed E-state index contributed by atoms with van der Waals surface area (Å²) in [5, 5.41) is 11.8. The molecule has 1 unspecified atom stereocenters. The van der Waals surface area contributed by atoms with Crippen molar-refractivity contribution in [3.63, 3.8) is 0 Å². The number of fused-ring (bicyclic) bond motifs is 3. The minimum absolute atomic E-state index is 0.0734. The zero-order valence-electron chi connectivity index (χ0n) is 19.2. The fourth-order valence-corrected chi connectivity index (χ4v) is 4.34. The number of terminal acetylenes is 1. The van der Waals surface area contributed by atoms with Gasteiger partial charge in [0.2, 0.25) is 0 Å². The van der Waals surface area contributed by atoms with Gasteiger partial charge in [0.1, 0.15) is 18.7 Å². The van der Waals surface area contributed by atoms with Gasteiger partial charge in [-0.25, -0.2) is 4.79 Å². The van der Waals surface area contributed by atoms with Gasteiger partial charge in [-0.3, -0.25) is 9.59 Å². The van der Waals surface area contributed by atoms with Crippen molar-refractivity contribution in [2.45, 2.75) is 24.8 Å². The zero-order valence-corrected chi connectivity index (χ0v) is 19.2. The van der Waals surface area contributed by atoms with E-state index in [-0.39, 0.29) is 32.1 Å². The third-order valence-corrected chi connectivity index (χ3v) is 5.98. The lowest BCUT2D eigenvalue weighted by Gasteiger charge is -2.35. The lowest BCUT2D eigenvalue weighted by molar-refractivity contribution is -0.148. The molecule has 8 nitrogen and oxygen atoms in total. The summed E-state index contributed by atoms with van der Waals surface area (Å²) in [4.78, 5) is 38.3. The summed E-state index contributed by atoms with van der Waals surface area (Å²) in [7, 11) is 1.39. The zero-order chi connectivity index (χ0) is 24.7. The number of nitrogens with one attached hydrogen (secondary N) is 1. The maximum Gasteiger partial charge on any atom is 0.408 e. The molecule has 0 saturated carbocycles. The van der Waals surface area contributed by atoms with Gasteiger partial charge in [0.05, 0.1) is 13.2 Å². The van der Waals surface area contributed by atoms with Crippen molar-refractivity contribution < 1.29 is 29.0 Å². The van der Waals surface area contributed by atoms with Crippen LogP contribution < -0.4 is 5.32 Å². The van der Waals surface area contributed by atoms with E-state index in [1.807, 2.05) is 48.5 Å². The number of ether oxygens (including phenoxy) is 2. The van der Waals surface area contributed by atoms with Crippen molar-refractivity contribution >= 4 is 18.0 Å². The number of nitrogens with zero attached hydrogens (tertiary/aromatic N) is 1. The van der Waals surface area contributed by atoms with Crippen LogP contribution in [-0.4, -0.2) is 66.9 Å². The topological polar surface area (TPSA) is 105 Å². The highest BCUT2D eigenvalue weighted by Gasteiger charge is 2.42. The highest BCUT2D eigenvalue weighted by molar-refractivity contribution is 5.92. The smallest absolute Gasteiger partial charge is 0.408 e. The maximum absolute atomic E-state index is 13.3. The van der Waals surface area contributed by atoms with E-state index < -0.39 is 30.1 Å². The van der Waals surface area contributed by atoms with Gasteiger partial charge in [-0.1, -0.05) is 61.4 Å². The number of amides is 2. The molecule has 0 aromatic heterocycles. The van der Waals surface area contributed by atoms with Crippen LogP contribution in [-0.2, 0) is 19.1 Å². The molecule has 2 aromatic rings. The fraction of sp³-hybridized carbons (Fsp3) is 0.346. The van der Waals surface area contributed by atoms with E-state index in [2.05, 4.69) is 11.2 Å². The number of methoxy groups -OCH3 is 1. The van der Waals surface area contributed by atoms with E-state index in [4.69, 9.17) is 21.0 Å². The molecule has 0 spiro atoms. The molecule has 1 atom stereocenters. The van der Waals surface area contributed by atoms with Gasteiger partial charge in [0, 0.05) is 13.0 Å². The van der Waals surface area contributed by atoms with Crippen LogP contribution in [0.15, 0.2) is 48.5 Å². The second kappa shape index (κ2) is 10.9. The van der Waals surface area contributed by atoms with Crippen molar-refractivity contribution in [1.29, 1.82) is 0 Å². The molecule has 8 heteroatoms. The van der Waals surface area contributed by atoms with Crippen LogP contribution in [0, 0.1) is 12.3 Å². The van der Waals surface area contributed by atoms with Gasteiger partial charge in [-0.15, -0.1) is 6.42 Å². The molecule has 2 aromatic carbocycles. The van der Waals surface area contributed by atoms with Crippen LogP contribution >= 0.6 is 0 Å². The van der Waals surface area contributed by atoms with E-state index in [1.54, 1.807) is 6.92 Å². The summed E-state index contributed by atoms with van der Waals surface area (Å²) in [5.74, 6) is 0.279. The number of alkyl carbamates (subject to hydrolysis) is 1. The molecular weight excluding hydrogens is 436 g/mol. The number of aliphatic carboxylic acids is 1. The molecule has 1 aliphatic rings. The highest BCUT2D eigenvalue weighted by Crippen LogP contribution is 2.44. The Morgan fingerprint density at radius 3 is 2.21 bits per heavy atom. The van der Waals surface area contributed by atoms with Gasteiger partial charge in [-0.2, -0.15) is 0 Å². The summed E-state index contributed by atoms with van der Waals surface area (Å²) in [5.41, 5.74) is 2.80. The Morgan fingerprint density at radius 2 is 1.71 bits per heavy atom. The minimum Gasteiger partial charge on any atom is -0.480 e. The van der Waals surface area contributed by atoms with Gasteiger partial charge < -0.3 is 24.8 Å². The monoisotopic (exact) mass is 464 g/mol. The van der Waals surface area contributed by atoms with Crippen molar-refractivity contribution in [2.24, 2.45) is 0 Å². The maximum atomic E-state index is 13.3. The van der Waals surface area contributed by atoms with Crippen LogP contribution in [0.4, 0.5) is 4.79 Å². The van der Waals surface area contributed by atoms with Gasteiger partial charge in [0.15, 0.2) is 0 Å². The Morgan fingerprint density at radius 1 is 1.12 bits per heavy atom. The Balaban J connectivity index is 1.78. The molecular formula is C26H28N2O6. The van der Waals surface area contributed by atoms with E-state index in [1.165, 1.54) is 7.11 Å². The average molecular weight is 465 g/mol. The van der Waals surface area contributed by atoms with Gasteiger partial charge in [-0.05, 0) is 28.7 Å². The number of rotatable bonds is 10. The molecule has 3 rings (SSSR count). The van der Waals surface area contributed by atoms with Crippen LogP contribution in [0.5, 0.6) is 0 Å². The molecule has 0 saturated heterocycles. The van der Waals surface area contributed by atoms with Crippen LogP contribution in [0.3, 0.4) is 0 Å². The molecule has 0 fully saturated rings. The third kappa shape index (κ3) is 5.05. The van der Waals surface area contributed by atoms with E-state index in [0.717, 1.165) is 27.2 Å². The third-order valence-electron chi connectivity index (χ3n) is 5.98.